The standard InChI is InChI=1S/C8H11O2P/c1-4-8-5-6-11(9,10-3)7(8)2/h1H,5-6H2,2-3H3. The molecule has 2 nitrogen and oxygen atoms in total. The van der Waals surface area contributed by atoms with Gasteiger partial charge in [0.15, 0.2) is 0 Å². The van der Waals surface area contributed by atoms with E-state index in [9.17, 15) is 4.57 Å². The summed E-state index contributed by atoms with van der Waals surface area (Å²) in [7, 11) is -1.00. The molecule has 1 unspecified atom stereocenters. The summed E-state index contributed by atoms with van der Waals surface area (Å²) in [6.45, 7) is 1.80. The molecule has 0 fully saturated rings. The van der Waals surface area contributed by atoms with Crippen LogP contribution in [-0.2, 0) is 9.09 Å². The molecular formula is C8H11O2P. The number of allylic oxidation sites excluding steroid dienone is 2. The molecule has 0 aromatic carbocycles. The third-order valence-electron chi connectivity index (χ3n) is 2.07. The van der Waals surface area contributed by atoms with Crippen LogP contribution < -0.4 is 0 Å². The van der Waals surface area contributed by atoms with Crippen molar-refractivity contribution in [1.29, 1.82) is 0 Å². The molecule has 0 aliphatic carbocycles. The minimum Gasteiger partial charge on any atom is -0.329 e. The fourth-order valence-corrected chi connectivity index (χ4v) is 3.12. The van der Waals surface area contributed by atoms with Crippen molar-refractivity contribution in [3.05, 3.63) is 10.9 Å². The monoisotopic (exact) mass is 170 g/mol. The Morgan fingerprint density at radius 1 is 1.73 bits per heavy atom. The van der Waals surface area contributed by atoms with E-state index in [4.69, 9.17) is 10.9 Å². The van der Waals surface area contributed by atoms with E-state index < -0.39 is 7.37 Å². The highest BCUT2D eigenvalue weighted by atomic mass is 31.2. The first-order valence-electron chi connectivity index (χ1n) is 3.46. The van der Waals surface area contributed by atoms with E-state index >= 15 is 0 Å². The average molecular weight is 170 g/mol. The van der Waals surface area contributed by atoms with E-state index in [0.29, 0.717) is 6.16 Å². The quantitative estimate of drug-likeness (QED) is 0.445. The second kappa shape index (κ2) is 2.85. The van der Waals surface area contributed by atoms with Gasteiger partial charge in [-0.25, -0.2) is 0 Å². The van der Waals surface area contributed by atoms with Gasteiger partial charge in [0, 0.05) is 24.2 Å². The maximum Gasteiger partial charge on any atom is 0.228 e. The minimum atomic E-state index is -2.48. The smallest absolute Gasteiger partial charge is 0.228 e. The van der Waals surface area contributed by atoms with Crippen LogP contribution in [-0.4, -0.2) is 13.3 Å². The molecule has 0 aromatic heterocycles. The van der Waals surface area contributed by atoms with Crippen LogP contribution in [0.15, 0.2) is 10.9 Å². The van der Waals surface area contributed by atoms with Crippen molar-refractivity contribution < 1.29 is 9.09 Å². The van der Waals surface area contributed by atoms with E-state index in [2.05, 4.69) is 5.92 Å². The molecule has 0 aromatic rings. The van der Waals surface area contributed by atoms with Crippen LogP contribution in [0.1, 0.15) is 13.3 Å². The third-order valence-corrected chi connectivity index (χ3v) is 4.77. The summed E-state index contributed by atoms with van der Waals surface area (Å²) in [4.78, 5) is 0. The summed E-state index contributed by atoms with van der Waals surface area (Å²) >= 11 is 0. The second-order valence-electron chi connectivity index (χ2n) is 2.54. The summed E-state index contributed by atoms with van der Waals surface area (Å²) in [5.74, 6) is 2.53. The third kappa shape index (κ3) is 1.27. The molecule has 0 saturated carbocycles. The van der Waals surface area contributed by atoms with E-state index in [1.807, 2.05) is 0 Å². The molecule has 60 valence electrons. The zero-order chi connectivity index (χ0) is 8.48. The predicted molar refractivity (Wildman–Crippen MR) is 45.6 cm³/mol. The number of terminal acetylenes is 1. The van der Waals surface area contributed by atoms with Crippen molar-refractivity contribution in [3.63, 3.8) is 0 Å². The molecule has 1 rings (SSSR count). The topological polar surface area (TPSA) is 26.3 Å². The maximum atomic E-state index is 11.7. The number of hydrogen-bond acceptors (Lipinski definition) is 2. The van der Waals surface area contributed by atoms with Crippen molar-refractivity contribution >= 4 is 7.37 Å². The van der Waals surface area contributed by atoms with Gasteiger partial charge in [-0.3, -0.25) is 4.57 Å². The Morgan fingerprint density at radius 3 is 2.64 bits per heavy atom. The highest BCUT2D eigenvalue weighted by molar-refractivity contribution is 7.63. The van der Waals surface area contributed by atoms with E-state index in [0.717, 1.165) is 17.3 Å². The van der Waals surface area contributed by atoms with Crippen molar-refractivity contribution in [2.75, 3.05) is 13.3 Å². The normalized spacial score (nSPS) is 30.6. The summed E-state index contributed by atoms with van der Waals surface area (Å²) in [5, 5.41) is 0.780. The Hall–Kier alpha value is -0.510. The summed E-state index contributed by atoms with van der Waals surface area (Å²) in [6, 6.07) is 0. The fraction of sp³-hybridized carbons (Fsp3) is 0.500. The van der Waals surface area contributed by atoms with Gasteiger partial charge in [0.05, 0.1) is 0 Å². The molecule has 1 aliphatic heterocycles. The first kappa shape index (κ1) is 8.59. The molecule has 0 spiro atoms. The van der Waals surface area contributed by atoms with Gasteiger partial charge in [-0.2, -0.15) is 0 Å². The van der Waals surface area contributed by atoms with Gasteiger partial charge in [0.1, 0.15) is 0 Å². The first-order valence-corrected chi connectivity index (χ1v) is 5.27. The average Bonchev–Trinajstić information content (AvgIpc) is 2.31. The summed E-state index contributed by atoms with van der Waals surface area (Å²) < 4.78 is 16.7. The Balaban J connectivity index is 3.06. The van der Waals surface area contributed by atoms with Crippen molar-refractivity contribution in [2.24, 2.45) is 0 Å². The SMILES string of the molecule is C#CC1=C(C)P(=O)(OC)CC1. The van der Waals surface area contributed by atoms with Crippen molar-refractivity contribution in [2.45, 2.75) is 13.3 Å². The summed E-state index contributed by atoms with van der Waals surface area (Å²) in [6.07, 6.45) is 6.52. The molecule has 0 bridgehead atoms. The lowest BCUT2D eigenvalue weighted by Crippen LogP contribution is -1.84. The lowest BCUT2D eigenvalue weighted by Gasteiger charge is -2.08. The van der Waals surface area contributed by atoms with Gasteiger partial charge in [-0.1, -0.05) is 5.92 Å². The molecule has 1 heterocycles. The maximum absolute atomic E-state index is 11.7. The van der Waals surface area contributed by atoms with Gasteiger partial charge >= 0.3 is 0 Å². The summed E-state index contributed by atoms with van der Waals surface area (Å²) in [5.41, 5.74) is 0.857. The van der Waals surface area contributed by atoms with Gasteiger partial charge in [0.2, 0.25) is 7.37 Å². The van der Waals surface area contributed by atoms with Crippen LogP contribution in [0.5, 0.6) is 0 Å². The zero-order valence-electron chi connectivity index (χ0n) is 6.76. The molecule has 3 heteroatoms. The Labute approximate surface area is 67.1 Å². The Kier molecular flexibility index (Phi) is 2.23. The molecule has 11 heavy (non-hydrogen) atoms. The van der Waals surface area contributed by atoms with E-state index in [1.165, 1.54) is 7.11 Å². The number of hydrogen-bond donors (Lipinski definition) is 0. The van der Waals surface area contributed by atoms with Crippen LogP contribution in [0.2, 0.25) is 0 Å². The zero-order valence-corrected chi connectivity index (χ0v) is 7.65. The van der Waals surface area contributed by atoms with Gasteiger partial charge < -0.3 is 4.52 Å². The molecule has 1 atom stereocenters. The first-order chi connectivity index (χ1) is 5.14. The van der Waals surface area contributed by atoms with Crippen LogP contribution in [0.4, 0.5) is 0 Å². The highest BCUT2D eigenvalue weighted by Crippen LogP contribution is 2.60. The van der Waals surface area contributed by atoms with Crippen LogP contribution >= 0.6 is 7.37 Å². The predicted octanol–water partition coefficient (Wildman–Crippen LogP) is 2.22. The molecule has 0 amide bonds. The Bertz CT molecular complexity index is 283. The van der Waals surface area contributed by atoms with Crippen molar-refractivity contribution in [1.82, 2.24) is 0 Å². The minimum absolute atomic E-state index is 0.578. The molecule has 0 N–H and O–H groups in total. The highest BCUT2D eigenvalue weighted by Gasteiger charge is 2.32. The van der Waals surface area contributed by atoms with Crippen LogP contribution in [0.3, 0.4) is 0 Å². The molecule has 0 radical (unpaired) electrons. The largest absolute Gasteiger partial charge is 0.329 e. The van der Waals surface area contributed by atoms with E-state index in [1.54, 1.807) is 6.92 Å². The molecule has 1 aliphatic rings. The van der Waals surface area contributed by atoms with E-state index in [-0.39, 0.29) is 0 Å². The van der Waals surface area contributed by atoms with Crippen LogP contribution in [0, 0.1) is 12.3 Å². The van der Waals surface area contributed by atoms with Gasteiger partial charge in [-0.05, 0) is 13.3 Å². The molecule has 0 saturated heterocycles. The van der Waals surface area contributed by atoms with Crippen LogP contribution in [0.25, 0.3) is 0 Å². The second-order valence-corrected chi connectivity index (χ2v) is 5.37. The van der Waals surface area contributed by atoms with Gasteiger partial charge in [0.25, 0.3) is 0 Å². The van der Waals surface area contributed by atoms with Gasteiger partial charge in [-0.15, -0.1) is 6.42 Å². The Morgan fingerprint density at radius 2 is 2.36 bits per heavy atom. The lowest BCUT2D eigenvalue weighted by molar-refractivity contribution is 0.401. The lowest BCUT2D eigenvalue weighted by atomic mass is 10.2. The number of rotatable bonds is 1. The molecular weight excluding hydrogens is 159 g/mol. The fourth-order valence-electron chi connectivity index (χ4n) is 1.22. The van der Waals surface area contributed by atoms with Crippen molar-refractivity contribution in [3.8, 4) is 12.3 Å².